The van der Waals surface area contributed by atoms with E-state index in [0.29, 0.717) is 12.0 Å². The zero-order valence-corrected chi connectivity index (χ0v) is 9.41. The van der Waals surface area contributed by atoms with Crippen LogP contribution in [0.4, 0.5) is 0 Å². The molecule has 0 spiro atoms. The van der Waals surface area contributed by atoms with Crippen molar-refractivity contribution in [1.29, 1.82) is 0 Å². The molecule has 1 aromatic carbocycles. The molecule has 2 N–H and O–H groups in total. The molecule has 4 heteroatoms. The molecule has 0 radical (unpaired) electrons. The van der Waals surface area contributed by atoms with Crippen LogP contribution in [-0.4, -0.2) is 22.7 Å². The Morgan fingerprint density at radius 1 is 1.47 bits per heavy atom. The average Bonchev–Trinajstić information content (AvgIpc) is 2.70. The third kappa shape index (κ3) is 1.45. The van der Waals surface area contributed by atoms with Crippen molar-refractivity contribution >= 4 is 22.6 Å². The summed E-state index contributed by atoms with van der Waals surface area (Å²) in [6.45, 7) is 1.43. The summed E-state index contributed by atoms with van der Waals surface area (Å²) in [6.07, 6.45) is 2.30. The lowest BCUT2D eigenvalue weighted by molar-refractivity contribution is -0.119. The monoisotopic (exact) mass is 228 g/mol. The minimum atomic E-state index is -0.429. The molecule has 3 rings (SSSR count). The van der Waals surface area contributed by atoms with E-state index < -0.39 is 6.04 Å². The predicted octanol–water partition coefficient (Wildman–Crippen LogP) is 1.41. The summed E-state index contributed by atoms with van der Waals surface area (Å²) in [5.41, 5.74) is 2.77. The molecular weight excluding hydrogens is 216 g/mol. The van der Waals surface area contributed by atoms with Gasteiger partial charge in [-0.1, -0.05) is 12.1 Å². The number of rotatable bonds is 1. The van der Waals surface area contributed by atoms with Gasteiger partial charge < -0.3 is 10.3 Å². The molecule has 0 saturated heterocycles. The van der Waals surface area contributed by atoms with Gasteiger partial charge in [0.25, 0.3) is 0 Å². The third-order valence-corrected chi connectivity index (χ3v) is 3.18. The summed E-state index contributed by atoms with van der Waals surface area (Å²) < 4.78 is 0. The highest BCUT2D eigenvalue weighted by Crippen LogP contribution is 2.29. The molecule has 2 aromatic rings. The molecule has 1 atom stereocenters. The Bertz CT molecular complexity index is 627. The molecular formula is C13H12N2O2. The minimum Gasteiger partial charge on any atom is -0.360 e. The zero-order chi connectivity index (χ0) is 12.0. The number of H-pyrrole nitrogens is 1. The molecule has 1 amide bonds. The molecule has 4 nitrogen and oxygen atoms in total. The van der Waals surface area contributed by atoms with E-state index in [1.807, 2.05) is 18.2 Å². The van der Waals surface area contributed by atoms with Gasteiger partial charge in [0.05, 0.1) is 6.04 Å². The number of amides is 1. The standard InChI is InChI=1S/C13H12N2O2/c1-7(16)15-11-5-8-3-2-4-10-12(8)9(6-14-10)13(11)17/h2-4,6,11,14H,5H2,1H3,(H,15,16)/t11-/m0/s1. The number of ketones is 1. The van der Waals surface area contributed by atoms with Crippen LogP contribution in [0.15, 0.2) is 24.4 Å². The number of aromatic amines is 1. The van der Waals surface area contributed by atoms with Gasteiger partial charge in [0, 0.05) is 36.0 Å². The number of Topliss-reactive ketones (excluding diaryl/α,β-unsaturated/α-hetero) is 1. The summed E-state index contributed by atoms with van der Waals surface area (Å²) in [6, 6.07) is 5.48. The second kappa shape index (κ2) is 3.45. The Kier molecular flexibility index (Phi) is 2.04. The Hall–Kier alpha value is -2.10. The van der Waals surface area contributed by atoms with Crippen LogP contribution < -0.4 is 5.32 Å². The second-order valence-electron chi connectivity index (χ2n) is 4.36. The number of benzene rings is 1. The predicted molar refractivity (Wildman–Crippen MR) is 63.9 cm³/mol. The lowest BCUT2D eigenvalue weighted by Gasteiger charge is -2.21. The Morgan fingerprint density at radius 2 is 2.29 bits per heavy atom. The molecule has 17 heavy (non-hydrogen) atoms. The normalized spacial score (nSPS) is 18.4. The SMILES string of the molecule is CC(=O)N[C@H]1Cc2cccc3[nH]cc(c23)C1=O. The van der Waals surface area contributed by atoms with Gasteiger partial charge in [0.2, 0.25) is 5.91 Å². The summed E-state index contributed by atoms with van der Waals surface area (Å²) in [4.78, 5) is 26.3. The highest BCUT2D eigenvalue weighted by Gasteiger charge is 2.29. The van der Waals surface area contributed by atoms with Gasteiger partial charge in [0.1, 0.15) is 0 Å². The van der Waals surface area contributed by atoms with Gasteiger partial charge in [-0.2, -0.15) is 0 Å². The topological polar surface area (TPSA) is 62.0 Å². The van der Waals surface area contributed by atoms with Gasteiger partial charge in [-0.05, 0) is 11.6 Å². The van der Waals surface area contributed by atoms with E-state index in [9.17, 15) is 9.59 Å². The first-order valence-electron chi connectivity index (χ1n) is 5.57. The highest BCUT2D eigenvalue weighted by molar-refractivity contribution is 6.14. The van der Waals surface area contributed by atoms with Gasteiger partial charge in [-0.15, -0.1) is 0 Å². The first-order chi connectivity index (χ1) is 8.16. The molecule has 86 valence electrons. The summed E-state index contributed by atoms with van der Waals surface area (Å²) in [5.74, 6) is -0.181. The number of carbonyl (C=O) groups excluding carboxylic acids is 2. The van der Waals surface area contributed by atoms with Crippen molar-refractivity contribution in [3.63, 3.8) is 0 Å². The summed E-state index contributed by atoms with van der Waals surface area (Å²) in [5, 5.41) is 3.70. The van der Waals surface area contributed by atoms with Crippen molar-refractivity contribution in [2.24, 2.45) is 0 Å². The molecule has 0 saturated carbocycles. The van der Waals surface area contributed by atoms with Crippen molar-refractivity contribution in [1.82, 2.24) is 10.3 Å². The largest absolute Gasteiger partial charge is 0.360 e. The molecule has 0 fully saturated rings. The van der Waals surface area contributed by atoms with Gasteiger partial charge in [-0.25, -0.2) is 0 Å². The van der Waals surface area contributed by atoms with E-state index in [-0.39, 0.29) is 11.7 Å². The minimum absolute atomic E-state index is 0.00912. The second-order valence-corrected chi connectivity index (χ2v) is 4.36. The molecule has 1 aliphatic rings. The fourth-order valence-electron chi connectivity index (χ4n) is 2.49. The molecule has 0 aliphatic heterocycles. The van der Waals surface area contributed by atoms with Crippen LogP contribution in [0.1, 0.15) is 22.8 Å². The van der Waals surface area contributed by atoms with Crippen LogP contribution >= 0.6 is 0 Å². The lowest BCUT2D eigenvalue weighted by Crippen LogP contribution is -2.42. The van der Waals surface area contributed by atoms with Crippen molar-refractivity contribution in [2.45, 2.75) is 19.4 Å². The smallest absolute Gasteiger partial charge is 0.217 e. The number of hydrogen-bond acceptors (Lipinski definition) is 2. The maximum atomic E-state index is 12.2. The third-order valence-electron chi connectivity index (χ3n) is 3.18. The van der Waals surface area contributed by atoms with E-state index in [1.165, 1.54) is 6.92 Å². The zero-order valence-electron chi connectivity index (χ0n) is 9.41. The van der Waals surface area contributed by atoms with E-state index in [2.05, 4.69) is 10.3 Å². The van der Waals surface area contributed by atoms with Crippen molar-refractivity contribution < 1.29 is 9.59 Å². The fraction of sp³-hybridized carbons (Fsp3) is 0.231. The number of aromatic nitrogens is 1. The van der Waals surface area contributed by atoms with Crippen LogP contribution in [0.2, 0.25) is 0 Å². The van der Waals surface area contributed by atoms with Crippen LogP contribution in [-0.2, 0) is 11.2 Å². The van der Waals surface area contributed by atoms with E-state index >= 15 is 0 Å². The van der Waals surface area contributed by atoms with Gasteiger partial charge >= 0.3 is 0 Å². The van der Waals surface area contributed by atoms with Gasteiger partial charge in [0.15, 0.2) is 5.78 Å². The molecule has 0 bridgehead atoms. The van der Waals surface area contributed by atoms with Crippen LogP contribution in [0.3, 0.4) is 0 Å². The molecule has 1 aliphatic carbocycles. The van der Waals surface area contributed by atoms with Crippen molar-refractivity contribution in [2.75, 3.05) is 0 Å². The molecule has 0 unspecified atom stereocenters. The van der Waals surface area contributed by atoms with E-state index in [1.54, 1.807) is 6.20 Å². The fourth-order valence-corrected chi connectivity index (χ4v) is 2.49. The van der Waals surface area contributed by atoms with Gasteiger partial charge in [-0.3, -0.25) is 9.59 Å². The van der Waals surface area contributed by atoms with Crippen molar-refractivity contribution in [3.8, 4) is 0 Å². The van der Waals surface area contributed by atoms with E-state index in [0.717, 1.165) is 16.5 Å². The first-order valence-corrected chi connectivity index (χ1v) is 5.57. The lowest BCUT2D eigenvalue weighted by atomic mass is 9.88. The maximum Gasteiger partial charge on any atom is 0.217 e. The van der Waals surface area contributed by atoms with Crippen molar-refractivity contribution in [3.05, 3.63) is 35.5 Å². The van der Waals surface area contributed by atoms with Crippen LogP contribution in [0.5, 0.6) is 0 Å². The summed E-state index contributed by atoms with van der Waals surface area (Å²) >= 11 is 0. The Morgan fingerprint density at radius 3 is 3.06 bits per heavy atom. The van der Waals surface area contributed by atoms with Crippen LogP contribution in [0.25, 0.3) is 10.9 Å². The Labute approximate surface area is 98.0 Å². The highest BCUT2D eigenvalue weighted by atomic mass is 16.2. The number of hydrogen-bond donors (Lipinski definition) is 2. The number of carbonyl (C=O) groups is 2. The molecule has 1 heterocycles. The maximum absolute atomic E-state index is 12.2. The Balaban J connectivity index is 2.13. The summed E-state index contributed by atoms with van der Waals surface area (Å²) in [7, 11) is 0. The first kappa shape index (κ1) is 10.1. The van der Waals surface area contributed by atoms with E-state index in [4.69, 9.17) is 0 Å². The van der Waals surface area contributed by atoms with Crippen LogP contribution in [0, 0.1) is 0 Å². The average molecular weight is 228 g/mol. The molecule has 1 aromatic heterocycles. The quantitative estimate of drug-likeness (QED) is 0.775. The number of nitrogens with one attached hydrogen (secondary N) is 2.